The summed E-state index contributed by atoms with van der Waals surface area (Å²) in [4.78, 5) is 23.9. The summed E-state index contributed by atoms with van der Waals surface area (Å²) in [7, 11) is 0. The Labute approximate surface area is 153 Å². The Kier molecular flexibility index (Phi) is 4.52. The van der Waals surface area contributed by atoms with Crippen LogP contribution >= 0.6 is 0 Å². The molecule has 0 N–H and O–H groups in total. The van der Waals surface area contributed by atoms with E-state index >= 15 is 0 Å². The number of pyridine rings is 1. The molecule has 1 aromatic carbocycles. The van der Waals surface area contributed by atoms with Crippen LogP contribution in [0.4, 0.5) is 0 Å². The molecule has 26 heavy (non-hydrogen) atoms. The first-order valence-electron chi connectivity index (χ1n) is 9.04. The molecular formula is C21H22N4O. The van der Waals surface area contributed by atoms with Crippen LogP contribution in [0.15, 0.2) is 60.9 Å². The Balaban J connectivity index is 1.55. The molecule has 1 aliphatic heterocycles. The van der Waals surface area contributed by atoms with Gasteiger partial charge in [0.25, 0.3) is 5.91 Å². The minimum atomic E-state index is 0.108. The SMILES string of the molecule is Cc1nccn1-c1cccc(C2CCCN(C(=O)c3ccccc3)C2)n1. The molecule has 0 bridgehead atoms. The maximum absolute atomic E-state index is 12.8. The standard InChI is InChI=1S/C21H22N4O/c1-16-22-12-14-25(16)20-11-5-10-19(23-20)18-9-6-13-24(15-18)21(26)17-7-3-2-4-8-17/h2-5,7-8,10-12,14,18H,6,9,13,15H2,1H3. The zero-order valence-electron chi connectivity index (χ0n) is 14.9. The van der Waals surface area contributed by atoms with E-state index in [4.69, 9.17) is 4.98 Å². The van der Waals surface area contributed by atoms with E-state index in [1.54, 1.807) is 6.20 Å². The molecule has 0 aliphatic carbocycles. The van der Waals surface area contributed by atoms with E-state index in [9.17, 15) is 4.79 Å². The second kappa shape index (κ2) is 7.12. The molecule has 1 unspecified atom stereocenters. The van der Waals surface area contributed by atoms with E-state index in [2.05, 4.69) is 11.1 Å². The third kappa shape index (κ3) is 3.25. The topological polar surface area (TPSA) is 51.0 Å². The summed E-state index contributed by atoms with van der Waals surface area (Å²) in [5.74, 6) is 2.17. The van der Waals surface area contributed by atoms with E-state index in [1.807, 2.05) is 65.1 Å². The van der Waals surface area contributed by atoms with Gasteiger partial charge in [-0.3, -0.25) is 9.36 Å². The van der Waals surface area contributed by atoms with E-state index in [-0.39, 0.29) is 11.8 Å². The molecule has 0 saturated carbocycles. The molecule has 1 amide bonds. The molecule has 5 heteroatoms. The first-order valence-corrected chi connectivity index (χ1v) is 9.04. The van der Waals surface area contributed by atoms with Crippen molar-refractivity contribution >= 4 is 5.91 Å². The van der Waals surface area contributed by atoms with Crippen LogP contribution in [0.5, 0.6) is 0 Å². The fraction of sp³-hybridized carbons (Fsp3) is 0.286. The van der Waals surface area contributed by atoms with E-state index in [0.29, 0.717) is 6.54 Å². The molecule has 1 fully saturated rings. The minimum Gasteiger partial charge on any atom is -0.338 e. The molecule has 1 aliphatic rings. The number of nitrogens with zero attached hydrogens (tertiary/aromatic N) is 4. The second-order valence-corrected chi connectivity index (χ2v) is 6.72. The van der Waals surface area contributed by atoms with Crippen LogP contribution in [0.1, 0.15) is 40.6 Å². The fourth-order valence-electron chi connectivity index (χ4n) is 3.59. The largest absolute Gasteiger partial charge is 0.338 e. The fourth-order valence-corrected chi connectivity index (χ4v) is 3.59. The van der Waals surface area contributed by atoms with Gasteiger partial charge < -0.3 is 4.90 Å². The van der Waals surface area contributed by atoms with Gasteiger partial charge in [-0.15, -0.1) is 0 Å². The van der Waals surface area contributed by atoms with Gasteiger partial charge in [0.05, 0.1) is 0 Å². The number of carbonyl (C=O) groups excluding carboxylic acids is 1. The van der Waals surface area contributed by atoms with Gasteiger partial charge in [-0.1, -0.05) is 24.3 Å². The number of rotatable bonds is 3. The third-order valence-electron chi connectivity index (χ3n) is 4.98. The van der Waals surface area contributed by atoms with Gasteiger partial charge in [0.15, 0.2) is 0 Å². The Bertz CT molecular complexity index is 903. The molecule has 3 heterocycles. The van der Waals surface area contributed by atoms with Crippen LogP contribution in [-0.2, 0) is 0 Å². The van der Waals surface area contributed by atoms with Gasteiger partial charge in [0.2, 0.25) is 0 Å². The molecule has 0 spiro atoms. The van der Waals surface area contributed by atoms with Crippen molar-refractivity contribution in [3.63, 3.8) is 0 Å². The van der Waals surface area contributed by atoms with E-state index < -0.39 is 0 Å². The van der Waals surface area contributed by atoms with Crippen molar-refractivity contribution in [2.45, 2.75) is 25.7 Å². The van der Waals surface area contributed by atoms with Gasteiger partial charge in [0, 0.05) is 42.7 Å². The number of aromatic nitrogens is 3. The summed E-state index contributed by atoms with van der Waals surface area (Å²) >= 11 is 0. The molecule has 2 aromatic heterocycles. The zero-order valence-corrected chi connectivity index (χ0v) is 14.9. The van der Waals surface area contributed by atoms with Crippen molar-refractivity contribution < 1.29 is 4.79 Å². The van der Waals surface area contributed by atoms with Crippen molar-refractivity contribution in [1.82, 2.24) is 19.4 Å². The number of aryl methyl sites for hydroxylation is 1. The van der Waals surface area contributed by atoms with Gasteiger partial charge in [-0.05, 0) is 44.0 Å². The second-order valence-electron chi connectivity index (χ2n) is 6.72. The highest BCUT2D eigenvalue weighted by Gasteiger charge is 2.26. The van der Waals surface area contributed by atoms with E-state index in [0.717, 1.165) is 42.3 Å². The van der Waals surface area contributed by atoms with Gasteiger partial charge in [-0.25, -0.2) is 9.97 Å². The Morgan fingerprint density at radius 3 is 2.73 bits per heavy atom. The van der Waals surface area contributed by atoms with Gasteiger partial charge in [0.1, 0.15) is 11.6 Å². The number of piperidine rings is 1. The Hall–Kier alpha value is -2.95. The summed E-state index contributed by atoms with van der Waals surface area (Å²) in [6.45, 7) is 3.49. The highest BCUT2D eigenvalue weighted by atomic mass is 16.2. The summed E-state index contributed by atoms with van der Waals surface area (Å²) in [6.07, 6.45) is 5.76. The Morgan fingerprint density at radius 1 is 1.12 bits per heavy atom. The highest BCUT2D eigenvalue weighted by Crippen LogP contribution is 2.27. The molecule has 1 atom stereocenters. The Morgan fingerprint density at radius 2 is 1.96 bits per heavy atom. The first-order chi connectivity index (χ1) is 12.7. The maximum Gasteiger partial charge on any atom is 0.253 e. The average Bonchev–Trinajstić information content (AvgIpc) is 3.14. The van der Waals surface area contributed by atoms with Crippen molar-refractivity contribution in [2.75, 3.05) is 13.1 Å². The predicted molar refractivity (Wildman–Crippen MR) is 100 cm³/mol. The quantitative estimate of drug-likeness (QED) is 0.728. The first kappa shape index (κ1) is 16.5. The minimum absolute atomic E-state index is 0.108. The molecule has 1 saturated heterocycles. The van der Waals surface area contributed by atoms with E-state index in [1.165, 1.54) is 0 Å². The van der Waals surface area contributed by atoms with Crippen LogP contribution < -0.4 is 0 Å². The van der Waals surface area contributed by atoms with Crippen molar-refractivity contribution in [1.29, 1.82) is 0 Å². The van der Waals surface area contributed by atoms with Crippen LogP contribution in [0.25, 0.3) is 5.82 Å². The average molecular weight is 346 g/mol. The molecule has 132 valence electrons. The molecular weight excluding hydrogens is 324 g/mol. The third-order valence-corrected chi connectivity index (χ3v) is 4.98. The number of likely N-dealkylation sites (tertiary alicyclic amines) is 1. The lowest BCUT2D eigenvalue weighted by Crippen LogP contribution is -2.39. The molecule has 4 rings (SSSR count). The van der Waals surface area contributed by atoms with Gasteiger partial charge in [-0.2, -0.15) is 0 Å². The number of hydrogen-bond donors (Lipinski definition) is 0. The molecule has 5 nitrogen and oxygen atoms in total. The lowest BCUT2D eigenvalue weighted by molar-refractivity contribution is 0.0706. The van der Waals surface area contributed by atoms with Crippen molar-refractivity contribution in [3.8, 4) is 5.82 Å². The van der Waals surface area contributed by atoms with Crippen LogP contribution in [0.2, 0.25) is 0 Å². The van der Waals surface area contributed by atoms with Crippen molar-refractivity contribution in [3.05, 3.63) is 78.0 Å². The highest BCUT2D eigenvalue weighted by molar-refractivity contribution is 5.94. The number of amides is 1. The van der Waals surface area contributed by atoms with Crippen molar-refractivity contribution in [2.24, 2.45) is 0 Å². The number of imidazole rings is 1. The number of benzene rings is 1. The maximum atomic E-state index is 12.8. The summed E-state index contributed by atoms with van der Waals surface area (Å²) in [6, 6.07) is 15.6. The number of hydrogen-bond acceptors (Lipinski definition) is 3. The van der Waals surface area contributed by atoms with Crippen LogP contribution in [0.3, 0.4) is 0 Å². The van der Waals surface area contributed by atoms with Crippen LogP contribution in [0, 0.1) is 6.92 Å². The smallest absolute Gasteiger partial charge is 0.253 e. The number of carbonyl (C=O) groups is 1. The predicted octanol–water partition coefficient (Wildman–Crippen LogP) is 3.60. The van der Waals surface area contributed by atoms with Crippen LogP contribution in [-0.4, -0.2) is 38.4 Å². The zero-order chi connectivity index (χ0) is 17.9. The summed E-state index contributed by atoms with van der Waals surface area (Å²) < 4.78 is 1.99. The molecule has 3 aromatic rings. The lowest BCUT2D eigenvalue weighted by atomic mass is 9.93. The monoisotopic (exact) mass is 346 g/mol. The summed E-state index contributed by atoms with van der Waals surface area (Å²) in [5, 5.41) is 0. The molecule has 0 radical (unpaired) electrons. The normalized spacial score (nSPS) is 17.3. The summed E-state index contributed by atoms with van der Waals surface area (Å²) in [5.41, 5.74) is 1.80. The van der Waals surface area contributed by atoms with Gasteiger partial charge >= 0.3 is 0 Å². The lowest BCUT2D eigenvalue weighted by Gasteiger charge is -2.32.